The highest BCUT2D eigenvalue weighted by molar-refractivity contribution is 14.1. The number of thioether (sulfide) groups is 1. The van der Waals surface area contributed by atoms with Crippen molar-refractivity contribution in [3.63, 3.8) is 0 Å². The summed E-state index contributed by atoms with van der Waals surface area (Å²) >= 11 is 4.27. The minimum Gasteiger partial charge on any atom is -0.481 e. The van der Waals surface area contributed by atoms with E-state index in [0.29, 0.717) is 11.7 Å². The van der Waals surface area contributed by atoms with Gasteiger partial charge in [-0.15, -0.1) is 0 Å². The summed E-state index contributed by atoms with van der Waals surface area (Å²) in [6.45, 7) is 0. The second-order valence-corrected chi connectivity index (χ2v) is 8.92. The minimum absolute atomic E-state index is 0.0257. The molecular weight excluding hydrogens is 441 g/mol. The number of rotatable bonds is 11. The fourth-order valence-corrected chi connectivity index (χ4v) is 5.69. The van der Waals surface area contributed by atoms with Crippen molar-refractivity contribution in [1.29, 1.82) is 0 Å². The fourth-order valence-electron chi connectivity index (χ4n) is 3.56. The van der Waals surface area contributed by atoms with E-state index in [0.717, 1.165) is 42.3 Å². The van der Waals surface area contributed by atoms with Gasteiger partial charge >= 0.3 is 12.0 Å². The molecule has 0 aromatic carbocycles. The number of hydrogen-bond donors (Lipinski definition) is 3. The maximum absolute atomic E-state index is 12.3. The second-order valence-electron chi connectivity index (χ2n) is 6.57. The molecule has 2 heterocycles. The standard InChI is InChI=1S/C16H28IN3O3S/c17-9-5-1-2-7-13(18)20-15-11(19-16(20)23)10-24-12(15)6-3-4-8-14(21)22/h11-13,15H,1-10,18H2,(H,19,23)(H,21,22)/t11-,12-,13?,15-/m0/s1. The lowest BCUT2D eigenvalue weighted by Gasteiger charge is -2.32. The minimum atomic E-state index is -0.736. The Kier molecular flexibility index (Phi) is 8.42. The number of alkyl halides is 1. The number of nitrogens with one attached hydrogen (secondary N) is 1. The number of carbonyl (C=O) groups is 2. The van der Waals surface area contributed by atoms with E-state index in [1.165, 1.54) is 6.42 Å². The van der Waals surface area contributed by atoms with Gasteiger partial charge in [-0.1, -0.05) is 41.9 Å². The molecule has 0 aliphatic carbocycles. The van der Waals surface area contributed by atoms with Crippen molar-refractivity contribution in [2.75, 3.05) is 10.2 Å². The average Bonchev–Trinajstić information content (AvgIpc) is 3.06. The molecule has 24 heavy (non-hydrogen) atoms. The molecule has 0 aromatic heterocycles. The third kappa shape index (κ3) is 5.39. The molecule has 0 spiro atoms. The summed E-state index contributed by atoms with van der Waals surface area (Å²) in [6, 6.07) is 0.321. The van der Waals surface area contributed by atoms with Gasteiger partial charge in [-0.3, -0.25) is 4.79 Å². The molecule has 2 aliphatic heterocycles. The van der Waals surface area contributed by atoms with E-state index < -0.39 is 5.97 Å². The van der Waals surface area contributed by atoms with Crippen LogP contribution in [-0.2, 0) is 4.79 Å². The van der Waals surface area contributed by atoms with Crippen molar-refractivity contribution >= 4 is 46.4 Å². The molecule has 0 bridgehead atoms. The Morgan fingerprint density at radius 3 is 2.88 bits per heavy atom. The largest absolute Gasteiger partial charge is 0.481 e. The highest BCUT2D eigenvalue weighted by atomic mass is 127. The number of urea groups is 1. The first kappa shape index (κ1) is 20.1. The molecule has 6 nitrogen and oxygen atoms in total. The predicted octanol–water partition coefficient (Wildman–Crippen LogP) is 2.79. The SMILES string of the molecule is NC(CCCCCI)N1C(=O)N[C@H]2CS[C@@H](CCCCC(=O)O)[C@H]21. The predicted molar refractivity (Wildman–Crippen MR) is 106 cm³/mol. The normalized spacial score (nSPS) is 27.2. The van der Waals surface area contributed by atoms with E-state index in [9.17, 15) is 9.59 Å². The molecule has 0 radical (unpaired) electrons. The maximum atomic E-state index is 12.3. The number of carbonyl (C=O) groups excluding carboxylic acids is 1. The van der Waals surface area contributed by atoms with Gasteiger partial charge in [0.05, 0.1) is 18.2 Å². The zero-order valence-corrected chi connectivity index (χ0v) is 16.9. The van der Waals surface area contributed by atoms with Crippen LogP contribution in [0.2, 0.25) is 0 Å². The molecule has 2 saturated heterocycles. The number of aliphatic carboxylic acids is 1. The van der Waals surface area contributed by atoms with Gasteiger partial charge in [0.2, 0.25) is 0 Å². The van der Waals surface area contributed by atoms with Crippen LogP contribution in [-0.4, -0.2) is 55.7 Å². The molecule has 0 saturated carbocycles. The fraction of sp³-hybridized carbons (Fsp3) is 0.875. The number of carboxylic acid groups (broad SMARTS) is 1. The van der Waals surface area contributed by atoms with E-state index in [-0.39, 0.29) is 30.7 Å². The highest BCUT2D eigenvalue weighted by Crippen LogP contribution is 2.38. The molecule has 2 rings (SSSR count). The van der Waals surface area contributed by atoms with Gasteiger partial charge in [-0.2, -0.15) is 11.8 Å². The number of nitrogens with zero attached hydrogens (tertiary/aromatic N) is 1. The Morgan fingerprint density at radius 1 is 1.38 bits per heavy atom. The summed E-state index contributed by atoms with van der Waals surface area (Å²) in [5.41, 5.74) is 6.34. The highest BCUT2D eigenvalue weighted by Gasteiger charge is 2.49. The van der Waals surface area contributed by atoms with Crippen LogP contribution >= 0.6 is 34.4 Å². The van der Waals surface area contributed by atoms with Crippen LogP contribution in [0.1, 0.15) is 51.4 Å². The molecule has 1 unspecified atom stereocenters. The third-order valence-corrected chi connectivity index (χ3v) is 7.02. The molecule has 8 heteroatoms. The lowest BCUT2D eigenvalue weighted by atomic mass is 10.0. The molecular formula is C16H28IN3O3S. The smallest absolute Gasteiger partial charge is 0.319 e. The number of halogens is 1. The van der Waals surface area contributed by atoms with Crippen molar-refractivity contribution in [2.24, 2.45) is 5.73 Å². The van der Waals surface area contributed by atoms with Crippen molar-refractivity contribution in [3.05, 3.63) is 0 Å². The van der Waals surface area contributed by atoms with Gasteiger partial charge in [-0.25, -0.2) is 4.79 Å². The van der Waals surface area contributed by atoms with Crippen LogP contribution in [0.4, 0.5) is 4.79 Å². The van der Waals surface area contributed by atoms with Crippen molar-refractivity contribution in [1.82, 2.24) is 10.2 Å². The van der Waals surface area contributed by atoms with Crippen LogP contribution in [0.5, 0.6) is 0 Å². The van der Waals surface area contributed by atoms with Gasteiger partial charge in [-0.05, 0) is 30.1 Å². The summed E-state index contributed by atoms with van der Waals surface area (Å²) in [7, 11) is 0. The van der Waals surface area contributed by atoms with Crippen LogP contribution in [0.15, 0.2) is 0 Å². The molecule has 2 aliphatic rings. The van der Waals surface area contributed by atoms with Gasteiger partial charge < -0.3 is 21.1 Å². The number of carboxylic acids is 1. The third-order valence-electron chi connectivity index (χ3n) is 4.77. The van der Waals surface area contributed by atoms with E-state index in [2.05, 4.69) is 27.9 Å². The average molecular weight is 469 g/mol. The zero-order valence-electron chi connectivity index (χ0n) is 14.0. The Balaban J connectivity index is 1.85. The van der Waals surface area contributed by atoms with Crippen LogP contribution < -0.4 is 11.1 Å². The summed E-state index contributed by atoms with van der Waals surface area (Å²) in [5.74, 6) is 0.192. The summed E-state index contributed by atoms with van der Waals surface area (Å²) < 4.78 is 1.16. The number of amides is 2. The summed E-state index contributed by atoms with van der Waals surface area (Å²) in [5, 5.41) is 12.2. The Morgan fingerprint density at radius 2 is 2.17 bits per heavy atom. The molecule has 4 atom stereocenters. The zero-order chi connectivity index (χ0) is 17.5. The van der Waals surface area contributed by atoms with Crippen LogP contribution in [0, 0.1) is 0 Å². The Labute approximate surface area is 161 Å². The number of unbranched alkanes of at least 4 members (excludes halogenated alkanes) is 3. The van der Waals surface area contributed by atoms with Crippen LogP contribution in [0.25, 0.3) is 0 Å². The Hall–Kier alpha value is -0.220. The topological polar surface area (TPSA) is 95.7 Å². The van der Waals surface area contributed by atoms with Gasteiger partial charge in [0.15, 0.2) is 0 Å². The van der Waals surface area contributed by atoms with E-state index in [1.807, 2.05) is 16.7 Å². The molecule has 2 fully saturated rings. The molecule has 2 amide bonds. The number of fused-ring (bicyclic) bond motifs is 1. The van der Waals surface area contributed by atoms with E-state index >= 15 is 0 Å². The van der Waals surface area contributed by atoms with Gasteiger partial charge in [0.1, 0.15) is 0 Å². The lowest BCUT2D eigenvalue weighted by Crippen LogP contribution is -2.51. The summed E-state index contributed by atoms with van der Waals surface area (Å²) in [6.07, 6.45) is 6.82. The lowest BCUT2D eigenvalue weighted by molar-refractivity contribution is -0.137. The van der Waals surface area contributed by atoms with Gasteiger partial charge in [0, 0.05) is 17.4 Å². The summed E-state index contributed by atoms with van der Waals surface area (Å²) in [4.78, 5) is 24.8. The monoisotopic (exact) mass is 469 g/mol. The number of nitrogens with two attached hydrogens (primary N) is 1. The van der Waals surface area contributed by atoms with E-state index in [1.54, 1.807) is 0 Å². The van der Waals surface area contributed by atoms with Crippen molar-refractivity contribution in [3.8, 4) is 0 Å². The quantitative estimate of drug-likeness (QED) is 0.187. The van der Waals surface area contributed by atoms with Crippen molar-refractivity contribution in [2.45, 2.75) is 74.9 Å². The first-order valence-electron chi connectivity index (χ1n) is 8.78. The first-order chi connectivity index (χ1) is 11.5. The Bertz CT molecular complexity index is 441. The molecule has 138 valence electrons. The van der Waals surface area contributed by atoms with Crippen molar-refractivity contribution < 1.29 is 14.7 Å². The molecule has 4 N–H and O–H groups in total. The molecule has 0 aromatic rings. The van der Waals surface area contributed by atoms with Gasteiger partial charge in [0.25, 0.3) is 0 Å². The second kappa shape index (κ2) is 10.1. The maximum Gasteiger partial charge on any atom is 0.319 e. The number of hydrogen-bond acceptors (Lipinski definition) is 4. The van der Waals surface area contributed by atoms with E-state index in [4.69, 9.17) is 10.8 Å². The first-order valence-corrected chi connectivity index (χ1v) is 11.4. The van der Waals surface area contributed by atoms with Crippen LogP contribution in [0.3, 0.4) is 0 Å².